The van der Waals surface area contributed by atoms with Gasteiger partial charge < -0.3 is 14.8 Å². The van der Waals surface area contributed by atoms with Gasteiger partial charge in [0.25, 0.3) is 0 Å². The van der Waals surface area contributed by atoms with Crippen LogP contribution < -0.4 is 4.74 Å². The number of aryl methyl sites for hydroxylation is 1. The van der Waals surface area contributed by atoms with E-state index >= 15 is 0 Å². The van der Waals surface area contributed by atoms with Crippen LogP contribution in [0.1, 0.15) is 22.8 Å². The van der Waals surface area contributed by atoms with E-state index in [9.17, 15) is 14.3 Å². The minimum absolute atomic E-state index is 0.0238. The second-order valence-electron chi connectivity index (χ2n) is 6.49. The van der Waals surface area contributed by atoms with E-state index < -0.39 is 11.8 Å². The van der Waals surface area contributed by atoms with Crippen LogP contribution in [0.2, 0.25) is 0 Å². The first-order valence-electron chi connectivity index (χ1n) is 8.96. The van der Waals surface area contributed by atoms with Gasteiger partial charge in [-0.05, 0) is 52.6 Å². The molecule has 0 unspecified atom stereocenters. The molecule has 0 spiro atoms. The number of rotatable bonds is 5. The van der Waals surface area contributed by atoms with Crippen molar-refractivity contribution in [3.63, 3.8) is 0 Å². The van der Waals surface area contributed by atoms with Crippen LogP contribution in [0.3, 0.4) is 0 Å². The Morgan fingerprint density at radius 1 is 1.11 bits per heavy atom. The summed E-state index contributed by atoms with van der Waals surface area (Å²) < 4.78 is 19.8. The lowest BCUT2D eigenvalue weighted by atomic mass is 10.0. The van der Waals surface area contributed by atoms with Gasteiger partial charge in [0.05, 0.1) is 0 Å². The zero-order chi connectivity index (χ0) is 19.7. The summed E-state index contributed by atoms with van der Waals surface area (Å²) >= 11 is 0. The number of hydrogen-bond donors (Lipinski definition) is 2. The maximum atomic E-state index is 13.8. The van der Waals surface area contributed by atoms with E-state index in [1.54, 1.807) is 12.1 Å². The lowest BCUT2D eigenvalue weighted by molar-refractivity contribution is 0.0694. The summed E-state index contributed by atoms with van der Waals surface area (Å²) in [5.41, 5.74) is 1.88. The fourth-order valence-corrected chi connectivity index (χ4v) is 3.36. The number of ether oxygens (including phenoxy) is 1. The minimum atomic E-state index is -1.13. The van der Waals surface area contributed by atoms with Crippen molar-refractivity contribution in [1.29, 1.82) is 0 Å². The summed E-state index contributed by atoms with van der Waals surface area (Å²) in [7, 11) is 0. The highest BCUT2D eigenvalue weighted by Crippen LogP contribution is 2.33. The molecule has 0 fully saturated rings. The smallest absolute Gasteiger partial charge is 0.339 e. The number of fused-ring (bicyclic) bond motifs is 1. The molecule has 0 bridgehead atoms. The molecule has 0 aliphatic carbocycles. The van der Waals surface area contributed by atoms with E-state index in [2.05, 4.69) is 18.0 Å². The van der Waals surface area contributed by atoms with Gasteiger partial charge in [0.15, 0.2) is 0 Å². The molecule has 2 N–H and O–H groups in total. The highest BCUT2D eigenvalue weighted by atomic mass is 19.1. The van der Waals surface area contributed by atoms with E-state index in [0.29, 0.717) is 16.9 Å². The number of nitrogens with one attached hydrogen (secondary N) is 1. The van der Waals surface area contributed by atoms with E-state index in [4.69, 9.17) is 4.74 Å². The molecule has 0 radical (unpaired) electrons. The molecule has 5 heteroatoms. The Labute approximate surface area is 161 Å². The molecule has 0 amide bonds. The first kappa shape index (κ1) is 17.8. The standard InChI is InChI=1S/C23H18FNO3/c1-2-14-9-17(10-15-5-3-4-6-18(14)15)28-22-8-7-16(11-19(22)23(26)27)20-12-25-13-21(20)24/h3-13,25H,2H2,1H3,(H,26,27). The van der Waals surface area contributed by atoms with Gasteiger partial charge in [0, 0.05) is 18.0 Å². The number of carboxylic acid groups (broad SMARTS) is 1. The molecule has 28 heavy (non-hydrogen) atoms. The van der Waals surface area contributed by atoms with Gasteiger partial charge in [-0.3, -0.25) is 0 Å². The molecule has 0 saturated heterocycles. The number of aromatic nitrogens is 1. The molecule has 4 rings (SSSR count). The quantitative estimate of drug-likeness (QED) is 0.448. The van der Waals surface area contributed by atoms with Crippen molar-refractivity contribution in [2.75, 3.05) is 0 Å². The molecule has 1 heterocycles. The zero-order valence-electron chi connectivity index (χ0n) is 15.2. The third-order valence-electron chi connectivity index (χ3n) is 4.75. The summed E-state index contributed by atoms with van der Waals surface area (Å²) in [6, 6.07) is 16.4. The molecular weight excluding hydrogens is 357 g/mol. The van der Waals surface area contributed by atoms with Gasteiger partial charge in [0.2, 0.25) is 0 Å². The van der Waals surface area contributed by atoms with Crippen LogP contribution in [-0.4, -0.2) is 16.1 Å². The van der Waals surface area contributed by atoms with E-state index in [1.165, 1.54) is 18.5 Å². The Bertz CT molecular complexity index is 1180. The molecule has 0 aliphatic heterocycles. The minimum Gasteiger partial charge on any atom is -0.478 e. The summed E-state index contributed by atoms with van der Waals surface area (Å²) in [4.78, 5) is 14.4. The lowest BCUT2D eigenvalue weighted by Gasteiger charge is -2.13. The first-order chi connectivity index (χ1) is 13.6. The average molecular weight is 375 g/mol. The van der Waals surface area contributed by atoms with Crippen molar-refractivity contribution in [3.8, 4) is 22.6 Å². The van der Waals surface area contributed by atoms with E-state index in [-0.39, 0.29) is 11.3 Å². The largest absolute Gasteiger partial charge is 0.478 e. The molecule has 4 aromatic rings. The zero-order valence-corrected chi connectivity index (χ0v) is 15.2. The SMILES string of the molecule is CCc1cc(Oc2ccc(-c3c[nH]cc3F)cc2C(=O)O)cc2ccccc12. The fourth-order valence-electron chi connectivity index (χ4n) is 3.36. The Hall–Kier alpha value is -3.60. The number of aromatic amines is 1. The van der Waals surface area contributed by atoms with Gasteiger partial charge in [-0.2, -0.15) is 0 Å². The van der Waals surface area contributed by atoms with Gasteiger partial charge in [-0.15, -0.1) is 0 Å². The van der Waals surface area contributed by atoms with Crippen molar-refractivity contribution in [3.05, 3.63) is 83.9 Å². The predicted molar refractivity (Wildman–Crippen MR) is 107 cm³/mol. The number of H-pyrrole nitrogens is 1. The second-order valence-corrected chi connectivity index (χ2v) is 6.49. The van der Waals surface area contributed by atoms with E-state index in [0.717, 1.165) is 22.8 Å². The molecule has 4 nitrogen and oxygen atoms in total. The molecule has 0 saturated carbocycles. The Morgan fingerprint density at radius 3 is 2.64 bits per heavy atom. The summed E-state index contributed by atoms with van der Waals surface area (Å²) in [5.74, 6) is -0.792. The molecule has 3 aromatic carbocycles. The van der Waals surface area contributed by atoms with Crippen LogP contribution in [0.5, 0.6) is 11.5 Å². The Balaban J connectivity index is 1.76. The average Bonchev–Trinajstić information content (AvgIpc) is 3.13. The van der Waals surface area contributed by atoms with Crippen molar-refractivity contribution in [1.82, 2.24) is 4.98 Å². The van der Waals surface area contributed by atoms with Gasteiger partial charge in [0.1, 0.15) is 22.9 Å². The van der Waals surface area contributed by atoms with Crippen LogP contribution in [0.25, 0.3) is 21.9 Å². The number of aromatic carboxylic acids is 1. The third kappa shape index (κ3) is 3.22. The van der Waals surface area contributed by atoms with Crippen LogP contribution in [0.4, 0.5) is 4.39 Å². The van der Waals surface area contributed by atoms with Gasteiger partial charge in [-0.25, -0.2) is 9.18 Å². The number of halogens is 1. The maximum Gasteiger partial charge on any atom is 0.339 e. The Morgan fingerprint density at radius 2 is 1.93 bits per heavy atom. The normalized spacial score (nSPS) is 10.9. The monoisotopic (exact) mass is 375 g/mol. The number of carbonyl (C=O) groups is 1. The molecule has 1 aromatic heterocycles. The molecular formula is C23H18FNO3. The van der Waals surface area contributed by atoms with Crippen LogP contribution in [0.15, 0.2) is 67.0 Å². The summed E-state index contributed by atoms with van der Waals surface area (Å²) in [6.07, 6.45) is 3.55. The number of carboxylic acids is 1. The maximum absolute atomic E-state index is 13.8. The van der Waals surface area contributed by atoms with Crippen LogP contribution >= 0.6 is 0 Å². The van der Waals surface area contributed by atoms with Crippen molar-refractivity contribution in [2.45, 2.75) is 13.3 Å². The molecule has 140 valence electrons. The second kappa shape index (κ2) is 7.19. The predicted octanol–water partition coefficient (Wildman–Crippen LogP) is 6.03. The molecule has 0 aliphatic rings. The summed E-state index contributed by atoms with van der Waals surface area (Å²) in [6.45, 7) is 2.06. The first-order valence-corrected chi connectivity index (χ1v) is 8.96. The Kier molecular flexibility index (Phi) is 4.57. The highest BCUT2D eigenvalue weighted by molar-refractivity contribution is 5.93. The number of hydrogen-bond acceptors (Lipinski definition) is 2. The van der Waals surface area contributed by atoms with Crippen molar-refractivity contribution in [2.24, 2.45) is 0 Å². The lowest BCUT2D eigenvalue weighted by Crippen LogP contribution is -2.01. The molecule has 0 atom stereocenters. The van der Waals surface area contributed by atoms with Gasteiger partial charge in [-0.1, -0.05) is 37.3 Å². The summed E-state index contributed by atoms with van der Waals surface area (Å²) in [5, 5.41) is 11.8. The third-order valence-corrected chi connectivity index (χ3v) is 4.75. The van der Waals surface area contributed by atoms with Crippen LogP contribution in [-0.2, 0) is 6.42 Å². The topological polar surface area (TPSA) is 62.3 Å². The highest BCUT2D eigenvalue weighted by Gasteiger charge is 2.16. The van der Waals surface area contributed by atoms with E-state index in [1.807, 2.05) is 30.3 Å². The fraction of sp³-hybridized carbons (Fsp3) is 0.0870. The number of benzene rings is 3. The van der Waals surface area contributed by atoms with Gasteiger partial charge >= 0.3 is 5.97 Å². The van der Waals surface area contributed by atoms with Crippen molar-refractivity contribution < 1.29 is 19.0 Å². The van der Waals surface area contributed by atoms with Crippen LogP contribution in [0, 0.1) is 5.82 Å². The van der Waals surface area contributed by atoms with Crippen molar-refractivity contribution >= 4 is 16.7 Å².